The summed E-state index contributed by atoms with van der Waals surface area (Å²) in [6.45, 7) is 2.08. The number of rotatable bonds is 4. The summed E-state index contributed by atoms with van der Waals surface area (Å²) in [5.74, 6) is -4.30. The van der Waals surface area contributed by atoms with Crippen molar-refractivity contribution in [1.29, 1.82) is 0 Å². The van der Waals surface area contributed by atoms with E-state index in [1.165, 1.54) is 0 Å². The van der Waals surface area contributed by atoms with Crippen LogP contribution in [0.4, 0.5) is 22.0 Å². The van der Waals surface area contributed by atoms with E-state index in [-0.39, 0.29) is 5.92 Å². The zero-order chi connectivity index (χ0) is 18.9. The minimum atomic E-state index is -3.12. The highest BCUT2D eigenvalue weighted by atomic mass is 19.3. The third-order valence-corrected chi connectivity index (χ3v) is 5.97. The molecule has 0 radical (unpaired) electrons. The molecule has 2 aliphatic carbocycles. The van der Waals surface area contributed by atoms with Gasteiger partial charge in [0.15, 0.2) is 17.5 Å². The monoisotopic (exact) mass is 376 g/mol. The Bertz CT molecular complexity index is 594. The average Bonchev–Trinajstić information content (AvgIpc) is 2.60. The molecule has 0 unspecified atom stereocenters. The zero-order valence-corrected chi connectivity index (χ0v) is 14.9. The van der Waals surface area contributed by atoms with Crippen LogP contribution >= 0.6 is 0 Å². The first kappa shape index (κ1) is 19.6. The quantitative estimate of drug-likeness (QED) is 0.427. The van der Waals surface area contributed by atoms with E-state index >= 15 is 0 Å². The van der Waals surface area contributed by atoms with Crippen LogP contribution in [-0.4, -0.2) is 12.2 Å². The molecule has 0 spiro atoms. The molecule has 0 heterocycles. The molecule has 26 heavy (non-hydrogen) atoms. The van der Waals surface area contributed by atoms with Crippen molar-refractivity contribution >= 4 is 0 Å². The summed E-state index contributed by atoms with van der Waals surface area (Å²) in [7, 11) is 0. The van der Waals surface area contributed by atoms with Crippen molar-refractivity contribution in [3.63, 3.8) is 0 Å². The van der Waals surface area contributed by atoms with Gasteiger partial charge in [-0.15, -0.1) is 0 Å². The van der Waals surface area contributed by atoms with Gasteiger partial charge in [0.05, 0.1) is 12.0 Å². The number of halogens is 5. The van der Waals surface area contributed by atoms with Crippen molar-refractivity contribution in [2.45, 2.75) is 76.4 Å². The lowest BCUT2D eigenvalue weighted by atomic mass is 9.81. The predicted octanol–water partition coefficient (Wildman–Crippen LogP) is 6.57. The Kier molecular flexibility index (Phi) is 5.90. The molecular weight excluding hydrogens is 351 g/mol. The first-order valence-corrected chi connectivity index (χ1v) is 9.46. The highest BCUT2D eigenvalue weighted by Crippen LogP contribution is 2.43. The SMILES string of the molecule is CC1CCC(C(F)(F)OC2CCC(c3cc(F)c(F)c(F)c3)CC2)CC1. The van der Waals surface area contributed by atoms with Gasteiger partial charge < -0.3 is 4.74 Å². The molecular formula is C20H25F5O. The van der Waals surface area contributed by atoms with E-state index in [4.69, 9.17) is 4.74 Å². The lowest BCUT2D eigenvalue weighted by Crippen LogP contribution is -2.38. The predicted molar refractivity (Wildman–Crippen MR) is 88.5 cm³/mol. The second kappa shape index (κ2) is 7.83. The Hall–Kier alpha value is -1.17. The Morgan fingerprint density at radius 1 is 0.846 bits per heavy atom. The molecule has 2 saturated carbocycles. The smallest absolute Gasteiger partial charge is 0.317 e. The van der Waals surface area contributed by atoms with E-state index in [1.807, 2.05) is 0 Å². The summed E-state index contributed by atoms with van der Waals surface area (Å²) >= 11 is 0. The van der Waals surface area contributed by atoms with Gasteiger partial charge in [-0.05, 0) is 68.1 Å². The second-order valence-electron chi connectivity index (χ2n) is 7.91. The van der Waals surface area contributed by atoms with Gasteiger partial charge in [0.1, 0.15) is 0 Å². The summed E-state index contributed by atoms with van der Waals surface area (Å²) in [5, 5.41) is 0. The summed E-state index contributed by atoms with van der Waals surface area (Å²) in [4.78, 5) is 0. The molecule has 2 fully saturated rings. The molecule has 0 amide bonds. The van der Waals surface area contributed by atoms with Crippen LogP contribution in [0.15, 0.2) is 12.1 Å². The number of ether oxygens (including phenoxy) is 1. The number of alkyl halides is 2. The Morgan fingerprint density at radius 2 is 1.38 bits per heavy atom. The maximum Gasteiger partial charge on any atom is 0.358 e. The minimum Gasteiger partial charge on any atom is -0.317 e. The molecule has 6 heteroatoms. The van der Waals surface area contributed by atoms with Gasteiger partial charge >= 0.3 is 6.11 Å². The van der Waals surface area contributed by atoms with Gasteiger partial charge in [-0.2, -0.15) is 8.78 Å². The van der Waals surface area contributed by atoms with Gasteiger partial charge in [0.25, 0.3) is 0 Å². The summed E-state index contributed by atoms with van der Waals surface area (Å²) in [5.41, 5.74) is 0.382. The standard InChI is InChI=1S/C20H25F5O/c1-12-2-6-15(7-3-12)20(24,25)26-16-8-4-13(5-9-16)14-10-17(21)19(23)18(22)11-14/h10-13,15-16H,2-9H2,1H3. The topological polar surface area (TPSA) is 9.23 Å². The van der Waals surface area contributed by atoms with Crippen LogP contribution in [0.25, 0.3) is 0 Å². The molecule has 1 aromatic carbocycles. The minimum absolute atomic E-state index is 0.163. The maximum absolute atomic E-state index is 14.4. The molecule has 3 rings (SSSR count). The van der Waals surface area contributed by atoms with Crippen molar-refractivity contribution in [3.8, 4) is 0 Å². The highest BCUT2D eigenvalue weighted by Gasteiger charge is 2.44. The Balaban J connectivity index is 1.55. The average molecular weight is 376 g/mol. The molecule has 146 valence electrons. The van der Waals surface area contributed by atoms with Crippen molar-refractivity contribution in [2.24, 2.45) is 11.8 Å². The lowest BCUT2D eigenvalue weighted by molar-refractivity contribution is -0.301. The van der Waals surface area contributed by atoms with Crippen LogP contribution in [-0.2, 0) is 4.74 Å². The summed E-state index contributed by atoms with van der Waals surface area (Å²) < 4.78 is 73.9. The fourth-order valence-corrected chi connectivity index (χ4v) is 4.24. The zero-order valence-electron chi connectivity index (χ0n) is 14.9. The van der Waals surface area contributed by atoms with Crippen LogP contribution in [0.5, 0.6) is 0 Å². The molecule has 0 aromatic heterocycles. The largest absolute Gasteiger partial charge is 0.358 e. The molecule has 0 bridgehead atoms. The second-order valence-corrected chi connectivity index (χ2v) is 7.91. The van der Waals surface area contributed by atoms with Crippen LogP contribution in [0.3, 0.4) is 0 Å². The fourth-order valence-electron chi connectivity index (χ4n) is 4.24. The summed E-state index contributed by atoms with van der Waals surface area (Å²) in [6.07, 6.45) is 0.709. The van der Waals surface area contributed by atoms with E-state index < -0.39 is 35.6 Å². The van der Waals surface area contributed by atoms with E-state index in [9.17, 15) is 22.0 Å². The first-order valence-electron chi connectivity index (χ1n) is 9.46. The van der Waals surface area contributed by atoms with Gasteiger partial charge in [-0.25, -0.2) is 13.2 Å². The summed E-state index contributed by atoms with van der Waals surface area (Å²) in [6, 6.07) is 2.00. The third kappa shape index (κ3) is 4.38. The maximum atomic E-state index is 14.4. The van der Waals surface area contributed by atoms with Crippen LogP contribution < -0.4 is 0 Å². The van der Waals surface area contributed by atoms with E-state index in [1.54, 1.807) is 0 Å². The normalized spacial score (nSPS) is 30.4. The lowest BCUT2D eigenvalue weighted by Gasteiger charge is -2.36. The van der Waals surface area contributed by atoms with E-state index in [0.29, 0.717) is 50.0 Å². The van der Waals surface area contributed by atoms with E-state index in [2.05, 4.69) is 6.92 Å². The Labute approximate surface area is 150 Å². The van der Waals surface area contributed by atoms with E-state index in [0.717, 1.165) is 25.0 Å². The molecule has 0 atom stereocenters. The number of hydrogen-bond donors (Lipinski definition) is 0. The number of benzene rings is 1. The molecule has 2 aliphatic rings. The van der Waals surface area contributed by atoms with Gasteiger partial charge in [0, 0.05) is 0 Å². The van der Waals surface area contributed by atoms with Gasteiger partial charge in [-0.1, -0.05) is 19.8 Å². The first-order chi connectivity index (χ1) is 12.3. The molecule has 0 aliphatic heterocycles. The molecule has 1 aromatic rings. The van der Waals surface area contributed by atoms with Gasteiger partial charge in [0.2, 0.25) is 0 Å². The van der Waals surface area contributed by atoms with Crippen molar-refractivity contribution in [1.82, 2.24) is 0 Å². The Morgan fingerprint density at radius 3 is 1.92 bits per heavy atom. The number of hydrogen-bond acceptors (Lipinski definition) is 1. The van der Waals surface area contributed by atoms with Gasteiger partial charge in [-0.3, -0.25) is 0 Å². The highest BCUT2D eigenvalue weighted by molar-refractivity contribution is 5.23. The molecule has 0 N–H and O–H groups in total. The third-order valence-electron chi connectivity index (χ3n) is 5.97. The van der Waals surface area contributed by atoms with Crippen molar-refractivity contribution < 1.29 is 26.7 Å². The van der Waals surface area contributed by atoms with Crippen LogP contribution in [0.2, 0.25) is 0 Å². The van der Waals surface area contributed by atoms with Crippen molar-refractivity contribution in [3.05, 3.63) is 35.1 Å². The van der Waals surface area contributed by atoms with Crippen LogP contribution in [0.1, 0.15) is 69.8 Å². The molecule has 1 nitrogen and oxygen atoms in total. The molecule has 0 saturated heterocycles. The van der Waals surface area contributed by atoms with Crippen LogP contribution in [0, 0.1) is 29.3 Å². The fraction of sp³-hybridized carbons (Fsp3) is 0.700. The van der Waals surface area contributed by atoms with Crippen molar-refractivity contribution in [2.75, 3.05) is 0 Å².